The number of nitrogens with two attached hydrogens (primary N) is 1. The molecule has 3 aromatic rings. The zero-order chi connectivity index (χ0) is 65.5. The Kier molecular flexibility index (Phi) is 36.4. The van der Waals surface area contributed by atoms with Crippen LogP contribution < -0.4 is 27.0 Å². The Hall–Kier alpha value is -6.66. The van der Waals surface area contributed by atoms with Gasteiger partial charge in [-0.25, -0.2) is 13.8 Å². The third-order valence-electron chi connectivity index (χ3n) is 13.9. The van der Waals surface area contributed by atoms with E-state index in [1.807, 2.05) is 51.1 Å². The van der Waals surface area contributed by atoms with Crippen LogP contribution in [0.15, 0.2) is 66.9 Å². The summed E-state index contributed by atoms with van der Waals surface area (Å²) in [6.45, 7) is 15.0. The van der Waals surface area contributed by atoms with Gasteiger partial charge in [0.25, 0.3) is 11.8 Å². The Labute approximate surface area is 526 Å². The maximum atomic E-state index is 15.2. The number of ether oxygens (including phenoxy) is 8. The van der Waals surface area contributed by atoms with Crippen LogP contribution in [0.4, 0.5) is 8.78 Å². The van der Waals surface area contributed by atoms with Gasteiger partial charge in [0.1, 0.15) is 36.1 Å². The molecule has 27 heteroatoms. The fourth-order valence-electron chi connectivity index (χ4n) is 9.27. The standard InChI is InChI=1S/C63H95F2N9O16/c1-46(2)58(71-54(77)20-26-83-28-30-85-32-34-87-36-38-89-40-41-90-39-37-88-35-33-86-31-29-84-27-23-67-53(76)19-25-73-55(78)17-18-56(73)79)62(82)70-51(14-9-10-21-66)61(81)68-22-11-24-74(57(80)45-75)59(63(3,4)5)60-69-52(49-42-48(64)15-16-50(49)65)44-72(60)43-47-12-7-6-8-13-47/h6-8,12-13,15-18,42,44,46,51,58-59,75H,9-11,14,19-41,43,45,66H2,1-5H3,(H,67,76)(H,68,81)(H,70,82)(H,71,77)/t51-,58?,59-/m0/s1. The second-order valence-corrected chi connectivity index (χ2v) is 22.4. The van der Waals surface area contributed by atoms with Gasteiger partial charge >= 0.3 is 0 Å². The van der Waals surface area contributed by atoms with Crippen molar-refractivity contribution in [2.24, 2.45) is 17.1 Å². The van der Waals surface area contributed by atoms with Crippen LogP contribution in [0, 0.1) is 23.0 Å². The van der Waals surface area contributed by atoms with Gasteiger partial charge in [0.15, 0.2) is 0 Å². The van der Waals surface area contributed by atoms with E-state index in [1.165, 1.54) is 17.1 Å². The first-order valence-corrected chi connectivity index (χ1v) is 30.8. The number of hydrogen-bond acceptors (Lipinski definition) is 18. The van der Waals surface area contributed by atoms with Crippen LogP contribution in [-0.4, -0.2) is 223 Å². The summed E-state index contributed by atoms with van der Waals surface area (Å²) in [7, 11) is 0. The molecule has 7 N–H and O–H groups in total. The van der Waals surface area contributed by atoms with Crippen LogP contribution in [0.25, 0.3) is 11.3 Å². The SMILES string of the molecule is CC(C)C(NC(=O)CCOCCOCCOCCOCCOCCOCCOCCOCCNC(=O)CCN1C(=O)C=CC1=O)C(=O)N[C@@H](CCCCN)C(=O)NCCCN(C(=O)CO)[C@@H](c1nc(-c2cc(F)ccc2F)cn1Cc1ccccc1)C(C)(C)C. The molecular formula is C63H95F2N9O16. The molecule has 2 aromatic carbocycles. The highest BCUT2D eigenvalue weighted by Gasteiger charge is 2.38. The van der Waals surface area contributed by atoms with Crippen molar-refractivity contribution in [3.05, 3.63) is 89.9 Å². The molecule has 25 nitrogen and oxygen atoms in total. The average Bonchev–Trinajstić information content (AvgIpc) is 1.60. The van der Waals surface area contributed by atoms with Crippen molar-refractivity contribution in [2.45, 2.75) is 97.8 Å². The number of aliphatic hydroxyl groups is 1. The Morgan fingerprint density at radius 2 is 1.22 bits per heavy atom. The number of carbonyl (C=O) groups excluding carboxylic acids is 7. The molecule has 2 heterocycles. The number of halogens is 2. The molecule has 0 fully saturated rings. The lowest BCUT2D eigenvalue weighted by molar-refractivity contribution is -0.140. The molecule has 4 rings (SSSR count). The Morgan fingerprint density at radius 1 is 0.667 bits per heavy atom. The Balaban J connectivity index is 1.06. The molecule has 0 saturated carbocycles. The van der Waals surface area contributed by atoms with E-state index >= 15 is 4.39 Å². The molecule has 3 atom stereocenters. The molecule has 0 spiro atoms. The van der Waals surface area contributed by atoms with Crippen molar-refractivity contribution in [2.75, 3.05) is 145 Å². The van der Waals surface area contributed by atoms with Crippen LogP contribution in [-0.2, 0) is 78.0 Å². The highest BCUT2D eigenvalue weighted by Crippen LogP contribution is 2.39. The van der Waals surface area contributed by atoms with Crippen LogP contribution in [0.3, 0.4) is 0 Å². The molecule has 90 heavy (non-hydrogen) atoms. The first-order valence-electron chi connectivity index (χ1n) is 30.8. The summed E-state index contributed by atoms with van der Waals surface area (Å²) in [6.07, 6.45) is 5.62. The van der Waals surface area contributed by atoms with Gasteiger partial charge in [-0.15, -0.1) is 0 Å². The molecule has 0 saturated heterocycles. The summed E-state index contributed by atoms with van der Waals surface area (Å²) >= 11 is 0. The average molecular weight is 1270 g/mol. The first-order chi connectivity index (χ1) is 43.3. The zero-order valence-electron chi connectivity index (χ0n) is 52.9. The maximum Gasteiger partial charge on any atom is 0.253 e. The highest BCUT2D eigenvalue weighted by atomic mass is 19.1. The van der Waals surface area contributed by atoms with Gasteiger partial charge in [-0.3, -0.25) is 38.5 Å². The van der Waals surface area contributed by atoms with E-state index in [4.69, 9.17) is 48.6 Å². The van der Waals surface area contributed by atoms with Crippen molar-refractivity contribution in [3.63, 3.8) is 0 Å². The molecular weight excluding hydrogens is 1180 g/mol. The number of benzene rings is 2. The van der Waals surface area contributed by atoms with E-state index in [0.717, 1.165) is 28.7 Å². The summed E-state index contributed by atoms with van der Waals surface area (Å²) in [5, 5.41) is 21.4. The van der Waals surface area contributed by atoms with Gasteiger partial charge < -0.3 is 79.5 Å². The highest BCUT2D eigenvalue weighted by molar-refractivity contribution is 6.13. The molecule has 0 radical (unpaired) electrons. The number of amides is 7. The smallest absolute Gasteiger partial charge is 0.253 e. The number of rotatable bonds is 49. The first kappa shape index (κ1) is 75.8. The third kappa shape index (κ3) is 29.1. The van der Waals surface area contributed by atoms with E-state index < -0.39 is 77.2 Å². The van der Waals surface area contributed by atoms with Crippen molar-refractivity contribution in [1.29, 1.82) is 0 Å². The fourth-order valence-corrected chi connectivity index (χ4v) is 9.27. The summed E-state index contributed by atoms with van der Waals surface area (Å²) < 4.78 is 75.5. The van der Waals surface area contributed by atoms with Crippen molar-refractivity contribution in [3.8, 4) is 11.3 Å². The number of hydrogen-bond donors (Lipinski definition) is 6. The Bertz CT molecular complexity index is 2640. The number of nitrogens with one attached hydrogen (secondary N) is 4. The number of aliphatic hydroxyl groups excluding tert-OH is 1. The summed E-state index contributed by atoms with van der Waals surface area (Å²) in [5.41, 5.74) is 6.07. The van der Waals surface area contributed by atoms with Gasteiger partial charge in [0.05, 0.1) is 117 Å². The molecule has 0 aliphatic carbocycles. The van der Waals surface area contributed by atoms with Crippen LogP contribution in [0.1, 0.15) is 90.6 Å². The zero-order valence-corrected chi connectivity index (χ0v) is 52.9. The number of imidazole rings is 1. The number of unbranched alkanes of at least 4 members (excludes halogenated alkanes) is 1. The number of aromatic nitrogens is 2. The van der Waals surface area contributed by atoms with Crippen LogP contribution in [0.5, 0.6) is 0 Å². The fraction of sp³-hybridized carbons (Fsp3) is 0.619. The van der Waals surface area contributed by atoms with E-state index in [2.05, 4.69) is 21.3 Å². The van der Waals surface area contributed by atoms with Crippen molar-refractivity contribution in [1.82, 2.24) is 40.6 Å². The summed E-state index contributed by atoms with van der Waals surface area (Å²) in [6, 6.07) is 9.87. The van der Waals surface area contributed by atoms with Crippen LogP contribution >= 0.6 is 0 Å². The van der Waals surface area contributed by atoms with E-state index in [1.54, 1.807) is 24.6 Å². The van der Waals surface area contributed by atoms with E-state index in [9.17, 15) is 43.1 Å². The minimum atomic E-state index is -0.970. The van der Waals surface area contributed by atoms with Gasteiger partial charge in [0.2, 0.25) is 29.5 Å². The minimum Gasteiger partial charge on any atom is -0.387 e. The molecule has 502 valence electrons. The lowest BCUT2D eigenvalue weighted by atomic mass is 9.84. The van der Waals surface area contributed by atoms with Gasteiger partial charge in [0, 0.05) is 69.5 Å². The lowest BCUT2D eigenvalue weighted by Crippen LogP contribution is -2.55. The summed E-state index contributed by atoms with van der Waals surface area (Å²) in [4.78, 5) is 96.6. The predicted octanol–water partition coefficient (Wildman–Crippen LogP) is 3.00. The normalized spacial score (nSPS) is 13.4. The van der Waals surface area contributed by atoms with E-state index in [-0.39, 0.29) is 88.2 Å². The van der Waals surface area contributed by atoms with Crippen LogP contribution in [0.2, 0.25) is 0 Å². The largest absolute Gasteiger partial charge is 0.387 e. The monoisotopic (exact) mass is 1270 g/mol. The van der Waals surface area contributed by atoms with Gasteiger partial charge in [-0.2, -0.15) is 0 Å². The second kappa shape index (κ2) is 43.2. The van der Waals surface area contributed by atoms with Crippen molar-refractivity contribution >= 4 is 41.4 Å². The summed E-state index contributed by atoms with van der Waals surface area (Å²) in [5.74, 6) is -4.40. The minimum absolute atomic E-state index is 0.0217. The molecule has 7 amide bonds. The van der Waals surface area contributed by atoms with Crippen molar-refractivity contribution < 1.29 is 85.3 Å². The second-order valence-electron chi connectivity index (χ2n) is 22.4. The Morgan fingerprint density at radius 3 is 1.76 bits per heavy atom. The predicted molar refractivity (Wildman–Crippen MR) is 328 cm³/mol. The van der Waals surface area contributed by atoms with E-state index in [0.29, 0.717) is 124 Å². The number of imide groups is 1. The number of carbonyl (C=O) groups is 7. The van der Waals surface area contributed by atoms with Gasteiger partial charge in [-0.05, 0) is 67.3 Å². The lowest BCUT2D eigenvalue weighted by Gasteiger charge is -2.40. The third-order valence-corrected chi connectivity index (χ3v) is 13.9. The number of nitrogens with zero attached hydrogens (tertiary/aromatic N) is 4. The molecule has 1 aromatic heterocycles. The maximum absolute atomic E-state index is 15.2. The molecule has 1 aliphatic rings. The molecule has 1 aliphatic heterocycles. The molecule has 0 bridgehead atoms. The quantitative estimate of drug-likeness (QED) is 0.0350. The van der Waals surface area contributed by atoms with Gasteiger partial charge in [-0.1, -0.05) is 65.0 Å². The molecule has 1 unspecified atom stereocenters. The topological polar surface area (TPSA) is 312 Å².